The number of urea groups is 1. The second-order valence-corrected chi connectivity index (χ2v) is 3.36. The van der Waals surface area contributed by atoms with E-state index in [0.29, 0.717) is 6.54 Å². The number of carbonyl (C=O) groups is 1. The molecule has 1 heterocycles. The first-order chi connectivity index (χ1) is 6.52. The quantitative estimate of drug-likeness (QED) is 0.771. The van der Waals surface area contributed by atoms with Gasteiger partial charge in [0.05, 0.1) is 5.69 Å². The van der Waals surface area contributed by atoms with Crippen LogP contribution in [0, 0.1) is 13.8 Å². The van der Waals surface area contributed by atoms with Crippen molar-refractivity contribution in [3.63, 3.8) is 0 Å². The third kappa shape index (κ3) is 2.25. The van der Waals surface area contributed by atoms with Crippen molar-refractivity contribution in [2.45, 2.75) is 20.4 Å². The summed E-state index contributed by atoms with van der Waals surface area (Å²) < 4.78 is 4.97. The Hall–Kier alpha value is -1.52. The second-order valence-electron chi connectivity index (χ2n) is 3.36. The molecular weight excluding hydrogens is 182 g/mol. The Morgan fingerprint density at radius 1 is 1.50 bits per heavy atom. The van der Waals surface area contributed by atoms with Crippen LogP contribution in [-0.2, 0) is 6.54 Å². The highest BCUT2D eigenvalue weighted by molar-refractivity contribution is 5.73. The van der Waals surface area contributed by atoms with E-state index in [-0.39, 0.29) is 6.03 Å². The molecule has 0 spiro atoms. The minimum atomic E-state index is -0.120. The normalized spacial score (nSPS) is 10.0. The van der Waals surface area contributed by atoms with Crippen LogP contribution in [0.25, 0.3) is 0 Å². The molecule has 1 aromatic rings. The van der Waals surface area contributed by atoms with Crippen molar-refractivity contribution < 1.29 is 9.32 Å². The number of nitrogens with one attached hydrogen (secondary N) is 1. The van der Waals surface area contributed by atoms with Crippen LogP contribution in [0.2, 0.25) is 0 Å². The Morgan fingerprint density at radius 3 is 2.57 bits per heavy atom. The lowest BCUT2D eigenvalue weighted by Crippen LogP contribution is -2.34. The lowest BCUT2D eigenvalue weighted by Gasteiger charge is -2.11. The average molecular weight is 197 g/mol. The van der Waals surface area contributed by atoms with Crippen molar-refractivity contribution in [1.82, 2.24) is 15.4 Å². The van der Waals surface area contributed by atoms with Crippen LogP contribution in [0.1, 0.15) is 17.0 Å². The summed E-state index contributed by atoms with van der Waals surface area (Å²) in [6, 6.07) is -0.120. The molecule has 14 heavy (non-hydrogen) atoms. The number of hydrogen-bond acceptors (Lipinski definition) is 3. The molecule has 0 aromatic carbocycles. The van der Waals surface area contributed by atoms with E-state index in [1.807, 2.05) is 13.8 Å². The van der Waals surface area contributed by atoms with Crippen molar-refractivity contribution in [3.8, 4) is 0 Å². The van der Waals surface area contributed by atoms with Crippen LogP contribution < -0.4 is 5.32 Å². The molecule has 1 rings (SSSR count). The van der Waals surface area contributed by atoms with Crippen molar-refractivity contribution in [1.29, 1.82) is 0 Å². The minimum Gasteiger partial charge on any atom is -0.361 e. The standard InChI is InChI=1S/C9H15N3O2/c1-6-8(7(2)14-11-6)5-10-9(13)12(3)4/h5H2,1-4H3,(H,10,13). The Labute approximate surface area is 83.1 Å². The first-order valence-electron chi connectivity index (χ1n) is 4.39. The van der Waals surface area contributed by atoms with Crippen molar-refractivity contribution >= 4 is 6.03 Å². The van der Waals surface area contributed by atoms with Gasteiger partial charge in [-0.05, 0) is 13.8 Å². The molecule has 0 saturated carbocycles. The van der Waals surface area contributed by atoms with Gasteiger partial charge in [-0.25, -0.2) is 4.79 Å². The van der Waals surface area contributed by atoms with Crippen LogP contribution in [0.5, 0.6) is 0 Å². The number of aromatic nitrogens is 1. The summed E-state index contributed by atoms with van der Waals surface area (Å²) in [5.74, 6) is 0.751. The van der Waals surface area contributed by atoms with Crippen molar-refractivity contribution in [2.75, 3.05) is 14.1 Å². The fourth-order valence-corrected chi connectivity index (χ4v) is 1.08. The van der Waals surface area contributed by atoms with E-state index in [9.17, 15) is 4.79 Å². The largest absolute Gasteiger partial charge is 0.361 e. The number of nitrogens with zero attached hydrogens (tertiary/aromatic N) is 2. The molecule has 5 heteroatoms. The molecule has 0 radical (unpaired) electrons. The summed E-state index contributed by atoms with van der Waals surface area (Å²) in [5, 5.41) is 6.55. The predicted molar refractivity (Wildman–Crippen MR) is 51.9 cm³/mol. The van der Waals surface area contributed by atoms with Gasteiger partial charge in [0, 0.05) is 26.2 Å². The third-order valence-corrected chi connectivity index (χ3v) is 2.00. The summed E-state index contributed by atoms with van der Waals surface area (Å²) >= 11 is 0. The molecule has 0 fully saturated rings. The maximum absolute atomic E-state index is 11.2. The van der Waals surface area contributed by atoms with Crippen LogP contribution in [0.3, 0.4) is 0 Å². The maximum atomic E-state index is 11.2. The molecule has 0 bridgehead atoms. The molecule has 0 aliphatic rings. The number of amides is 2. The molecule has 5 nitrogen and oxygen atoms in total. The van der Waals surface area contributed by atoms with Gasteiger partial charge in [-0.3, -0.25) is 0 Å². The van der Waals surface area contributed by atoms with Crippen LogP contribution in [0.15, 0.2) is 4.52 Å². The van der Waals surface area contributed by atoms with E-state index in [1.165, 1.54) is 4.90 Å². The van der Waals surface area contributed by atoms with Crippen LogP contribution >= 0.6 is 0 Å². The van der Waals surface area contributed by atoms with Crippen molar-refractivity contribution in [3.05, 3.63) is 17.0 Å². The molecule has 0 aliphatic heterocycles. The average Bonchev–Trinajstić information content (AvgIpc) is 2.43. The predicted octanol–water partition coefficient (Wildman–Crippen LogP) is 1.06. The van der Waals surface area contributed by atoms with Gasteiger partial charge in [-0.15, -0.1) is 0 Å². The summed E-state index contributed by atoms with van der Waals surface area (Å²) in [6.07, 6.45) is 0. The Balaban J connectivity index is 2.58. The Kier molecular flexibility index (Phi) is 3.11. The molecule has 0 atom stereocenters. The highest BCUT2D eigenvalue weighted by Gasteiger charge is 2.10. The Morgan fingerprint density at radius 2 is 2.14 bits per heavy atom. The van der Waals surface area contributed by atoms with Crippen LogP contribution in [-0.4, -0.2) is 30.2 Å². The second kappa shape index (κ2) is 4.13. The summed E-state index contributed by atoms with van der Waals surface area (Å²) in [6.45, 7) is 4.14. The number of aryl methyl sites for hydroxylation is 2. The molecule has 0 unspecified atom stereocenters. The number of carbonyl (C=O) groups excluding carboxylic acids is 1. The fraction of sp³-hybridized carbons (Fsp3) is 0.556. The zero-order valence-electron chi connectivity index (χ0n) is 8.92. The summed E-state index contributed by atoms with van der Waals surface area (Å²) in [4.78, 5) is 12.7. The molecule has 1 N–H and O–H groups in total. The smallest absolute Gasteiger partial charge is 0.317 e. The van der Waals surface area contributed by atoms with E-state index >= 15 is 0 Å². The minimum absolute atomic E-state index is 0.120. The van der Waals surface area contributed by atoms with Crippen molar-refractivity contribution in [2.24, 2.45) is 0 Å². The zero-order chi connectivity index (χ0) is 10.7. The summed E-state index contributed by atoms with van der Waals surface area (Å²) in [7, 11) is 3.39. The van der Waals surface area contributed by atoms with Gasteiger partial charge in [-0.1, -0.05) is 5.16 Å². The number of rotatable bonds is 2. The zero-order valence-corrected chi connectivity index (χ0v) is 8.92. The van der Waals surface area contributed by atoms with E-state index in [1.54, 1.807) is 14.1 Å². The van der Waals surface area contributed by atoms with Gasteiger partial charge in [0.15, 0.2) is 0 Å². The van der Waals surface area contributed by atoms with E-state index in [4.69, 9.17) is 4.52 Å². The molecule has 0 saturated heterocycles. The maximum Gasteiger partial charge on any atom is 0.317 e. The molecule has 0 aliphatic carbocycles. The molecular formula is C9H15N3O2. The van der Waals surface area contributed by atoms with Crippen LogP contribution in [0.4, 0.5) is 4.79 Å². The van der Waals surface area contributed by atoms with Gasteiger partial charge in [0.1, 0.15) is 5.76 Å². The number of hydrogen-bond donors (Lipinski definition) is 1. The highest BCUT2D eigenvalue weighted by Crippen LogP contribution is 2.11. The molecule has 78 valence electrons. The van der Waals surface area contributed by atoms with Gasteiger partial charge in [0.2, 0.25) is 0 Å². The van der Waals surface area contributed by atoms with E-state index < -0.39 is 0 Å². The van der Waals surface area contributed by atoms with Gasteiger partial charge < -0.3 is 14.7 Å². The lowest BCUT2D eigenvalue weighted by atomic mass is 10.2. The lowest BCUT2D eigenvalue weighted by molar-refractivity contribution is 0.217. The fourth-order valence-electron chi connectivity index (χ4n) is 1.08. The monoisotopic (exact) mass is 197 g/mol. The van der Waals surface area contributed by atoms with Gasteiger partial charge in [0.25, 0.3) is 0 Å². The first kappa shape index (κ1) is 10.6. The third-order valence-electron chi connectivity index (χ3n) is 2.00. The van der Waals surface area contributed by atoms with Gasteiger partial charge >= 0.3 is 6.03 Å². The van der Waals surface area contributed by atoms with E-state index in [0.717, 1.165) is 17.0 Å². The highest BCUT2D eigenvalue weighted by atomic mass is 16.5. The summed E-state index contributed by atoms with van der Waals surface area (Å²) in [5.41, 5.74) is 1.77. The molecule has 1 aromatic heterocycles. The van der Waals surface area contributed by atoms with E-state index in [2.05, 4.69) is 10.5 Å². The molecule has 2 amide bonds. The first-order valence-corrected chi connectivity index (χ1v) is 4.39. The topological polar surface area (TPSA) is 58.4 Å². The van der Waals surface area contributed by atoms with Gasteiger partial charge in [-0.2, -0.15) is 0 Å². The Bertz CT molecular complexity index is 311. The SMILES string of the molecule is Cc1noc(C)c1CNC(=O)N(C)C.